The van der Waals surface area contributed by atoms with Gasteiger partial charge in [-0.1, -0.05) is 25.5 Å². The Kier molecular flexibility index (Phi) is 6.93. The van der Waals surface area contributed by atoms with E-state index in [-0.39, 0.29) is 0 Å². The van der Waals surface area contributed by atoms with E-state index in [0.29, 0.717) is 12.1 Å². The molecule has 2 heteroatoms. The molecule has 0 saturated carbocycles. The van der Waals surface area contributed by atoms with Crippen molar-refractivity contribution in [1.82, 2.24) is 5.32 Å². The summed E-state index contributed by atoms with van der Waals surface area (Å²) in [5, 5.41) is 3.64. The molecule has 108 valence electrons. The summed E-state index contributed by atoms with van der Waals surface area (Å²) in [5.74, 6) is 0. The van der Waals surface area contributed by atoms with Crippen LogP contribution in [-0.4, -0.2) is 25.2 Å². The topological polar surface area (TPSA) is 15.3 Å². The zero-order valence-corrected chi connectivity index (χ0v) is 13.2. The summed E-state index contributed by atoms with van der Waals surface area (Å²) >= 11 is 0. The molecule has 2 nitrogen and oxygen atoms in total. The van der Waals surface area contributed by atoms with Gasteiger partial charge < -0.3 is 10.2 Å². The Bertz CT molecular complexity index is 362. The van der Waals surface area contributed by atoms with E-state index >= 15 is 0 Å². The van der Waals surface area contributed by atoms with Gasteiger partial charge in [0, 0.05) is 30.9 Å². The molecule has 0 radical (unpaired) electrons. The van der Waals surface area contributed by atoms with Gasteiger partial charge in [-0.05, 0) is 51.8 Å². The molecule has 19 heavy (non-hydrogen) atoms. The Morgan fingerprint density at radius 2 is 1.95 bits per heavy atom. The molecule has 0 aliphatic carbocycles. The Hall–Kier alpha value is -1.02. The van der Waals surface area contributed by atoms with Crippen molar-refractivity contribution in [2.24, 2.45) is 0 Å². The van der Waals surface area contributed by atoms with Crippen LogP contribution in [0.4, 0.5) is 5.69 Å². The van der Waals surface area contributed by atoms with Crippen molar-refractivity contribution in [2.75, 3.05) is 18.0 Å². The molecule has 0 amide bonds. The van der Waals surface area contributed by atoms with Crippen molar-refractivity contribution >= 4 is 5.69 Å². The average molecular weight is 262 g/mol. The average Bonchev–Trinajstić information content (AvgIpc) is 2.38. The van der Waals surface area contributed by atoms with Crippen molar-refractivity contribution in [2.45, 2.75) is 59.5 Å². The molecular weight excluding hydrogens is 232 g/mol. The number of benzene rings is 1. The molecule has 0 aliphatic rings. The van der Waals surface area contributed by atoms with Crippen LogP contribution >= 0.6 is 0 Å². The minimum atomic E-state index is 0.520. The van der Waals surface area contributed by atoms with E-state index in [9.17, 15) is 0 Å². The van der Waals surface area contributed by atoms with Gasteiger partial charge in [-0.3, -0.25) is 0 Å². The van der Waals surface area contributed by atoms with Crippen LogP contribution in [0, 0.1) is 6.92 Å². The van der Waals surface area contributed by atoms with E-state index in [1.165, 1.54) is 24.1 Å². The molecule has 1 aromatic rings. The Balaban J connectivity index is 2.59. The van der Waals surface area contributed by atoms with E-state index in [4.69, 9.17) is 0 Å². The van der Waals surface area contributed by atoms with Crippen LogP contribution in [-0.2, 0) is 0 Å². The SMILES string of the molecule is CCCC(C)NCC(C)N(CC)c1cccc(C)c1. The first-order chi connectivity index (χ1) is 9.08. The number of rotatable bonds is 8. The molecule has 1 N–H and O–H groups in total. The molecule has 1 aromatic carbocycles. The highest BCUT2D eigenvalue weighted by molar-refractivity contribution is 5.49. The molecule has 1 rings (SSSR count). The fourth-order valence-corrected chi connectivity index (χ4v) is 2.57. The Labute approximate surface area is 119 Å². The number of anilines is 1. The third kappa shape index (κ3) is 5.23. The van der Waals surface area contributed by atoms with Gasteiger partial charge in [-0.25, -0.2) is 0 Å². The Morgan fingerprint density at radius 1 is 1.21 bits per heavy atom. The van der Waals surface area contributed by atoms with Gasteiger partial charge >= 0.3 is 0 Å². The summed E-state index contributed by atoms with van der Waals surface area (Å²) in [6, 6.07) is 9.92. The lowest BCUT2D eigenvalue weighted by molar-refractivity contribution is 0.474. The van der Waals surface area contributed by atoms with E-state index in [1.54, 1.807) is 0 Å². The second-order valence-electron chi connectivity index (χ2n) is 5.57. The van der Waals surface area contributed by atoms with E-state index < -0.39 is 0 Å². The lowest BCUT2D eigenvalue weighted by Crippen LogP contribution is -2.43. The number of nitrogens with zero attached hydrogens (tertiary/aromatic N) is 1. The highest BCUT2D eigenvalue weighted by Gasteiger charge is 2.13. The fourth-order valence-electron chi connectivity index (χ4n) is 2.57. The van der Waals surface area contributed by atoms with Gasteiger partial charge in [0.15, 0.2) is 0 Å². The minimum Gasteiger partial charge on any atom is -0.368 e. The lowest BCUT2D eigenvalue weighted by Gasteiger charge is -2.31. The van der Waals surface area contributed by atoms with Crippen LogP contribution in [0.15, 0.2) is 24.3 Å². The zero-order chi connectivity index (χ0) is 14.3. The quantitative estimate of drug-likeness (QED) is 0.762. The molecule has 0 fully saturated rings. The second-order valence-corrected chi connectivity index (χ2v) is 5.57. The third-order valence-electron chi connectivity index (χ3n) is 3.69. The fraction of sp³-hybridized carbons (Fsp3) is 0.647. The van der Waals surface area contributed by atoms with Crippen LogP contribution < -0.4 is 10.2 Å². The van der Waals surface area contributed by atoms with E-state index in [1.807, 2.05) is 0 Å². The van der Waals surface area contributed by atoms with Crippen molar-refractivity contribution < 1.29 is 0 Å². The number of nitrogens with one attached hydrogen (secondary N) is 1. The molecule has 0 saturated heterocycles. The predicted octanol–water partition coefficient (Wildman–Crippen LogP) is 3.99. The molecule has 0 spiro atoms. The van der Waals surface area contributed by atoms with Crippen molar-refractivity contribution in [3.05, 3.63) is 29.8 Å². The Morgan fingerprint density at radius 3 is 2.53 bits per heavy atom. The summed E-state index contributed by atoms with van der Waals surface area (Å²) in [6.45, 7) is 13.3. The van der Waals surface area contributed by atoms with Gasteiger partial charge in [-0.15, -0.1) is 0 Å². The van der Waals surface area contributed by atoms with Crippen LogP contribution in [0.5, 0.6) is 0 Å². The first-order valence-corrected chi connectivity index (χ1v) is 7.65. The highest BCUT2D eigenvalue weighted by Crippen LogP contribution is 2.18. The first-order valence-electron chi connectivity index (χ1n) is 7.65. The highest BCUT2D eigenvalue weighted by atomic mass is 15.2. The lowest BCUT2D eigenvalue weighted by atomic mass is 10.1. The van der Waals surface area contributed by atoms with Crippen molar-refractivity contribution in [3.8, 4) is 0 Å². The predicted molar refractivity (Wildman–Crippen MR) is 86.0 cm³/mol. The second kappa shape index (κ2) is 8.21. The monoisotopic (exact) mass is 262 g/mol. The zero-order valence-electron chi connectivity index (χ0n) is 13.2. The third-order valence-corrected chi connectivity index (χ3v) is 3.69. The van der Waals surface area contributed by atoms with Crippen LogP contribution in [0.25, 0.3) is 0 Å². The largest absolute Gasteiger partial charge is 0.368 e. The van der Waals surface area contributed by atoms with Crippen LogP contribution in [0.3, 0.4) is 0 Å². The summed E-state index contributed by atoms with van der Waals surface area (Å²) < 4.78 is 0. The smallest absolute Gasteiger partial charge is 0.0386 e. The molecule has 0 heterocycles. The van der Waals surface area contributed by atoms with Crippen molar-refractivity contribution in [3.63, 3.8) is 0 Å². The summed E-state index contributed by atoms with van der Waals surface area (Å²) in [4.78, 5) is 2.47. The normalized spacial score (nSPS) is 14.2. The van der Waals surface area contributed by atoms with Gasteiger partial charge in [-0.2, -0.15) is 0 Å². The molecule has 0 bridgehead atoms. The first kappa shape index (κ1) is 16.0. The maximum absolute atomic E-state index is 3.64. The van der Waals surface area contributed by atoms with Gasteiger partial charge in [0.05, 0.1) is 0 Å². The number of hydrogen-bond donors (Lipinski definition) is 1. The summed E-state index contributed by atoms with van der Waals surface area (Å²) in [7, 11) is 0. The summed E-state index contributed by atoms with van der Waals surface area (Å²) in [6.07, 6.45) is 2.50. The van der Waals surface area contributed by atoms with Crippen molar-refractivity contribution in [1.29, 1.82) is 0 Å². The summed E-state index contributed by atoms with van der Waals surface area (Å²) in [5.41, 5.74) is 2.66. The molecule has 0 aromatic heterocycles. The maximum atomic E-state index is 3.64. The van der Waals surface area contributed by atoms with Crippen LogP contribution in [0.1, 0.15) is 46.1 Å². The molecular formula is C17H30N2. The number of hydrogen-bond acceptors (Lipinski definition) is 2. The van der Waals surface area contributed by atoms with Gasteiger partial charge in [0.25, 0.3) is 0 Å². The molecule has 2 atom stereocenters. The van der Waals surface area contributed by atoms with Crippen LogP contribution in [0.2, 0.25) is 0 Å². The van der Waals surface area contributed by atoms with E-state index in [0.717, 1.165) is 13.1 Å². The van der Waals surface area contributed by atoms with E-state index in [2.05, 4.69) is 69.1 Å². The van der Waals surface area contributed by atoms with Gasteiger partial charge in [0.1, 0.15) is 0 Å². The van der Waals surface area contributed by atoms with Gasteiger partial charge in [0.2, 0.25) is 0 Å². The minimum absolute atomic E-state index is 0.520. The maximum Gasteiger partial charge on any atom is 0.0386 e. The molecule has 0 aliphatic heterocycles. The number of likely N-dealkylation sites (N-methyl/N-ethyl adjacent to an activating group) is 1. The standard InChI is InChI=1S/C17H30N2/c1-6-9-15(4)18-13-16(5)19(7-2)17-11-8-10-14(3)12-17/h8,10-12,15-16,18H,6-7,9,13H2,1-5H3. The molecule has 2 unspecified atom stereocenters. The number of aryl methyl sites for hydroxylation is 1.